The van der Waals surface area contributed by atoms with Gasteiger partial charge < -0.3 is 5.11 Å². The SMILES string of the molecule is Cc1cc(C)c(Cc2ccc3ccccc3c2O)c(C)c1. The van der Waals surface area contributed by atoms with E-state index in [1.165, 1.54) is 22.3 Å². The van der Waals surface area contributed by atoms with E-state index < -0.39 is 0 Å². The van der Waals surface area contributed by atoms with Gasteiger partial charge in [0.2, 0.25) is 0 Å². The van der Waals surface area contributed by atoms with Gasteiger partial charge in [-0.15, -0.1) is 0 Å². The van der Waals surface area contributed by atoms with Gasteiger partial charge >= 0.3 is 0 Å². The fourth-order valence-electron chi connectivity index (χ4n) is 3.12. The van der Waals surface area contributed by atoms with Gasteiger partial charge in [0.05, 0.1) is 0 Å². The second kappa shape index (κ2) is 5.25. The number of benzene rings is 3. The van der Waals surface area contributed by atoms with Crippen molar-refractivity contribution in [3.63, 3.8) is 0 Å². The lowest BCUT2D eigenvalue weighted by atomic mass is 9.93. The molecule has 21 heavy (non-hydrogen) atoms. The summed E-state index contributed by atoms with van der Waals surface area (Å²) in [5, 5.41) is 12.6. The lowest BCUT2D eigenvalue weighted by molar-refractivity contribution is 0.476. The van der Waals surface area contributed by atoms with E-state index in [1.807, 2.05) is 30.3 Å². The smallest absolute Gasteiger partial charge is 0.126 e. The van der Waals surface area contributed by atoms with E-state index in [0.717, 1.165) is 22.8 Å². The van der Waals surface area contributed by atoms with Gasteiger partial charge in [0.25, 0.3) is 0 Å². The molecule has 0 aliphatic rings. The van der Waals surface area contributed by atoms with Gasteiger partial charge in [-0.25, -0.2) is 0 Å². The Morgan fingerprint density at radius 3 is 2.24 bits per heavy atom. The Balaban J connectivity index is 2.09. The molecule has 1 heteroatoms. The molecule has 0 radical (unpaired) electrons. The monoisotopic (exact) mass is 276 g/mol. The molecule has 0 unspecified atom stereocenters. The van der Waals surface area contributed by atoms with Crippen LogP contribution >= 0.6 is 0 Å². The molecule has 0 aliphatic heterocycles. The molecule has 0 heterocycles. The van der Waals surface area contributed by atoms with Crippen molar-refractivity contribution in [2.75, 3.05) is 0 Å². The van der Waals surface area contributed by atoms with Gasteiger partial charge in [-0.2, -0.15) is 0 Å². The summed E-state index contributed by atoms with van der Waals surface area (Å²) in [5.74, 6) is 0.410. The van der Waals surface area contributed by atoms with Gasteiger partial charge in [0.15, 0.2) is 0 Å². The molecule has 0 saturated heterocycles. The highest BCUT2D eigenvalue weighted by molar-refractivity contribution is 5.89. The van der Waals surface area contributed by atoms with Crippen LogP contribution in [0.4, 0.5) is 0 Å². The van der Waals surface area contributed by atoms with Crippen LogP contribution in [-0.2, 0) is 6.42 Å². The fraction of sp³-hybridized carbons (Fsp3) is 0.200. The van der Waals surface area contributed by atoms with Crippen LogP contribution in [0.25, 0.3) is 10.8 Å². The molecule has 3 aromatic carbocycles. The van der Waals surface area contributed by atoms with Crippen molar-refractivity contribution < 1.29 is 5.11 Å². The van der Waals surface area contributed by atoms with Crippen LogP contribution in [0, 0.1) is 20.8 Å². The standard InChI is InChI=1S/C20H20O/c1-13-10-14(2)19(15(3)11-13)12-17-9-8-16-6-4-5-7-18(16)20(17)21/h4-11,21H,12H2,1-3H3. The number of aryl methyl sites for hydroxylation is 3. The summed E-state index contributed by atoms with van der Waals surface area (Å²) in [6.45, 7) is 6.41. The summed E-state index contributed by atoms with van der Waals surface area (Å²) in [6.07, 6.45) is 0.772. The van der Waals surface area contributed by atoms with Crippen molar-refractivity contribution >= 4 is 10.8 Å². The Kier molecular flexibility index (Phi) is 3.42. The molecular weight excluding hydrogens is 256 g/mol. The third-order valence-corrected chi connectivity index (χ3v) is 4.19. The van der Waals surface area contributed by atoms with Crippen LogP contribution in [0.5, 0.6) is 5.75 Å². The van der Waals surface area contributed by atoms with E-state index in [4.69, 9.17) is 0 Å². The van der Waals surface area contributed by atoms with Crippen LogP contribution in [0.1, 0.15) is 27.8 Å². The number of aromatic hydroxyl groups is 1. The Morgan fingerprint density at radius 2 is 1.52 bits per heavy atom. The highest BCUT2D eigenvalue weighted by atomic mass is 16.3. The first-order valence-corrected chi connectivity index (χ1v) is 7.32. The molecule has 106 valence electrons. The molecule has 0 aliphatic carbocycles. The highest BCUT2D eigenvalue weighted by Gasteiger charge is 2.10. The summed E-state index contributed by atoms with van der Waals surface area (Å²) in [5.41, 5.74) is 6.17. The van der Waals surface area contributed by atoms with Gasteiger partial charge in [-0.05, 0) is 48.4 Å². The van der Waals surface area contributed by atoms with E-state index in [1.54, 1.807) is 0 Å². The molecule has 0 amide bonds. The predicted octanol–water partition coefficient (Wildman–Crippen LogP) is 5.06. The van der Waals surface area contributed by atoms with Crippen LogP contribution in [0.2, 0.25) is 0 Å². The zero-order chi connectivity index (χ0) is 15.0. The minimum Gasteiger partial charge on any atom is -0.507 e. The molecule has 0 saturated carbocycles. The molecular formula is C20H20O. The van der Waals surface area contributed by atoms with E-state index in [0.29, 0.717) is 5.75 Å². The van der Waals surface area contributed by atoms with Crippen molar-refractivity contribution in [3.05, 3.63) is 76.3 Å². The van der Waals surface area contributed by atoms with E-state index in [9.17, 15) is 5.11 Å². The van der Waals surface area contributed by atoms with Crippen LogP contribution in [0.3, 0.4) is 0 Å². The van der Waals surface area contributed by atoms with Crippen molar-refractivity contribution in [1.29, 1.82) is 0 Å². The largest absolute Gasteiger partial charge is 0.507 e. The topological polar surface area (TPSA) is 20.2 Å². The summed E-state index contributed by atoms with van der Waals surface area (Å²) in [4.78, 5) is 0. The van der Waals surface area contributed by atoms with Crippen molar-refractivity contribution in [3.8, 4) is 5.75 Å². The number of phenols is 1. The first-order chi connectivity index (χ1) is 10.1. The van der Waals surface area contributed by atoms with Crippen molar-refractivity contribution in [2.45, 2.75) is 27.2 Å². The Hall–Kier alpha value is -2.28. The minimum atomic E-state index is 0.410. The van der Waals surface area contributed by atoms with Gasteiger partial charge in [0.1, 0.15) is 5.75 Å². The first-order valence-electron chi connectivity index (χ1n) is 7.32. The lowest BCUT2D eigenvalue weighted by Gasteiger charge is -2.13. The molecule has 3 rings (SSSR count). The molecule has 0 atom stereocenters. The van der Waals surface area contributed by atoms with Crippen molar-refractivity contribution in [2.24, 2.45) is 0 Å². The summed E-state index contributed by atoms with van der Waals surface area (Å²) >= 11 is 0. The average molecular weight is 276 g/mol. The second-order valence-corrected chi connectivity index (χ2v) is 5.85. The number of rotatable bonds is 2. The normalized spacial score (nSPS) is 11.0. The maximum atomic E-state index is 10.5. The number of hydrogen-bond donors (Lipinski definition) is 1. The average Bonchev–Trinajstić information content (AvgIpc) is 2.45. The second-order valence-electron chi connectivity index (χ2n) is 5.85. The van der Waals surface area contributed by atoms with E-state index in [-0.39, 0.29) is 0 Å². The summed E-state index contributed by atoms with van der Waals surface area (Å²) in [7, 11) is 0. The maximum absolute atomic E-state index is 10.5. The maximum Gasteiger partial charge on any atom is 0.126 e. The Bertz CT molecular complexity index is 792. The predicted molar refractivity (Wildman–Crippen MR) is 89.1 cm³/mol. The van der Waals surface area contributed by atoms with Crippen molar-refractivity contribution in [1.82, 2.24) is 0 Å². The zero-order valence-electron chi connectivity index (χ0n) is 12.8. The fourth-order valence-corrected chi connectivity index (χ4v) is 3.12. The quantitative estimate of drug-likeness (QED) is 0.693. The third kappa shape index (κ3) is 2.52. The van der Waals surface area contributed by atoms with Gasteiger partial charge in [-0.1, -0.05) is 54.1 Å². The Labute approximate surface area is 125 Å². The lowest BCUT2D eigenvalue weighted by Crippen LogP contribution is -1.97. The molecule has 1 N–H and O–H groups in total. The molecule has 0 fully saturated rings. The number of hydrogen-bond acceptors (Lipinski definition) is 1. The van der Waals surface area contributed by atoms with E-state index >= 15 is 0 Å². The molecule has 0 bridgehead atoms. The highest BCUT2D eigenvalue weighted by Crippen LogP contribution is 2.31. The third-order valence-electron chi connectivity index (χ3n) is 4.19. The molecule has 3 aromatic rings. The molecule has 0 aromatic heterocycles. The Morgan fingerprint density at radius 1 is 0.857 bits per heavy atom. The number of phenolic OH excluding ortho intramolecular Hbond substituents is 1. The first kappa shape index (κ1) is 13.7. The van der Waals surface area contributed by atoms with Gasteiger partial charge in [0, 0.05) is 11.8 Å². The van der Waals surface area contributed by atoms with Crippen LogP contribution < -0.4 is 0 Å². The summed E-state index contributed by atoms with van der Waals surface area (Å²) < 4.78 is 0. The van der Waals surface area contributed by atoms with Crippen LogP contribution in [-0.4, -0.2) is 5.11 Å². The van der Waals surface area contributed by atoms with Gasteiger partial charge in [-0.3, -0.25) is 0 Å². The number of fused-ring (bicyclic) bond motifs is 1. The van der Waals surface area contributed by atoms with Crippen LogP contribution in [0.15, 0.2) is 48.5 Å². The van der Waals surface area contributed by atoms with E-state index in [2.05, 4.69) is 39.0 Å². The summed E-state index contributed by atoms with van der Waals surface area (Å²) in [6, 6.07) is 16.5. The zero-order valence-corrected chi connectivity index (χ0v) is 12.8. The molecule has 1 nitrogen and oxygen atoms in total. The minimum absolute atomic E-state index is 0.410. The molecule has 0 spiro atoms.